The van der Waals surface area contributed by atoms with E-state index in [2.05, 4.69) is 4.98 Å². The van der Waals surface area contributed by atoms with Gasteiger partial charge in [-0.1, -0.05) is 0 Å². The molecule has 2 heterocycles. The number of hydrogen-bond donors (Lipinski definition) is 3. The van der Waals surface area contributed by atoms with Gasteiger partial charge < -0.3 is 20.3 Å². The molecule has 11 nitrogen and oxygen atoms in total. The molecule has 2 saturated carbocycles. The zero-order chi connectivity index (χ0) is 28.8. The Morgan fingerprint density at radius 2 is 1.85 bits per heavy atom. The molecule has 3 aromatic rings. The van der Waals surface area contributed by atoms with Gasteiger partial charge in [-0.2, -0.15) is 0 Å². The number of aliphatic hydroxyl groups is 1. The average molecular weight is 549 g/mol. The quantitative estimate of drug-likeness (QED) is 0.390. The van der Waals surface area contributed by atoms with E-state index >= 15 is 0 Å². The van der Waals surface area contributed by atoms with E-state index in [1.165, 1.54) is 47.8 Å². The molecule has 0 bridgehead atoms. The molecular formula is C28H25FN4O7. The summed E-state index contributed by atoms with van der Waals surface area (Å²) in [7, 11) is 3.05. The van der Waals surface area contributed by atoms with Gasteiger partial charge in [0.25, 0.3) is 0 Å². The molecule has 4 N–H and O–H groups in total. The molecule has 6 atom stereocenters. The number of aromatic nitrogens is 2. The third kappa shape index (κ3) is 3.35. The number of amides is 1. The smallest absolute Gasteiger partial charge is 0.235 e. The Hall–Kier alpha value is -4.29. The molecule has 3 aliphatic rings. The van der Waals surface area contributed by atoms with E-state index in [0.717, 1.165) is 0 Å². The number of carbonyl (C=O) groups excluding carboxylic acids is 5. The van der Waals surface area contributed by atoms with Crippen LogP contribution in [0, 0.1) is 29.5 Å². The van der Waals surface area contributed by atoms with Crippen LogP contribution in [0.1, 0.15) is 22.3 Å². The van der Waals surface area contributed by atoms with Gasteiger partial charge in [-0.25, -0.2) is 9.37 Å². The van der Waals surface area contributed by atoms with Gasteiger partial charge in [0, 0.05) is 23.9 Å². The predicted octanol–water partition coefficient (Wildman–Crippen LogP) is 0.321. The van der Waals surface area contributed by atoms with Gasteiger partial charge in [0.05, 0.1) is 23.2 Å². The number of benzene rings is 1. The maximum absolute atomic E-state index is 13.9. The number of likely N-dealkylation sites (N-methyl/N-ethyl adjacent to an activating group) is 1. The summed E-state index contributed by atoms with van der Waals surface area (Å²) in [5.74, 6) is -11.6. The van der Waals surface area contributed by atoms with E-state index in [1.54, 1.807) is 12.3 Å². The standard InChI is InChI=1S/C28H25FN4O7/c1-32(2)22-15-8-11-7-14-13(16-10-33-9-12(29)3-6-18(33)31-16)4-5-17(34)20(14)23(35)19(11)25(37)28(15,40)26(38)21(24(22)36)27(30)39/h3-6,9-11,15,19,21-22,34,40H,7-8H2,1-2H3,(H2,30,39)/t11-,15-,19?,21?,22-,28-/m0/s1. The lowest BCUT2D eigenvalue weighted by Gasteiger charge is -2.52. The lowest BCUT2D eigenvalue weighted by molar-refractivity contribution is -0.181. The fourth-order valence-electron chi connectivity index (χ4n) is 6.94. The number of phenols is 1. The predicted molar refractivity (Wildman–Crippen MR) is 136 cm³/mol. The molecule has 2 unspecified atom stereocenters. The first kappa shape index (κ1) is 26.0. The summed E-state index contributed by atoms with van der Waals surface area (Å²) in [5.41, 5.74) is 4.19. The van der Waals surface area contributed by atoms with Crippen LogP contribution in [-0.2, 0) is 25.6 Å². The largest absolute Gasteiger partial charge is 0.507 e. The van der Waals surface area contributed by atoms with Crippen molar-refractivity contribution in [3.05, 3.63) is 53.6 Å². The van der Waals surface area contributed by atoms with Gasteiger partial charge in [0.1, 0.15) is 17.2 Å². The topological polar surface area (TPSA) is 172 Å². The first-order chi connectivity index (χ1) is 18.9. The molecule has 12 heteroatoms. The minimum atomic E-state index is -2.78. The van der Waals surface area contributed by atoms with Crippen molar-refractivity contribution in [1.29, 1.82) is 0 Å². The van der Waals surface area contributed by atoms with Crippen LogP contribution in [0.3, 0.4) is 0 Å². The third-order valence-electron chi connectivity index (χ3n) is 8.64. The summed E-state index contributed by atoms with van der Waals surface area (Å²) in [4.78, 5) is 72.4. The number of imidazole rings is 1. The molecule has 2 aromatic heterocycles. The summed E-state index contributed by atoms with van der Waals surface area (Å²) in [6.07, 6.45) is 2.86. The van der Waals surface area contributed by atoms with E-state index in [4.69, 9.17) is 5.73 Å². The number of hydrogen-bond acceptors (Lipinski definition) is 9. The summed E-state index contributed by atoms with van der Waals surface area (Å²) >= 11 is 0. The van der Waals surface area contributed by atoms with E-state index in [0.29, 0.717) is 22.5 Å². The molecule has 1 aromatic carbocycles. The first-order valence-electron chi connectivity index (χ1n) is 12.7. The molecule has 0 saturated heterocycles. The fraction of sp³-hybridized carbons (Fsp3) is 0.357. The Balaban J connectivity index is 1.49. The van der Waals surface area contributed by atoms with Crippen molar-refractivity contribution in [2.24, 2.45) is 29.4 Å². The van der Waals surface area contributed by atoms with Gasteiger partial charge in [0.2, 0.25) is 5.91 Å². The molecule has 40 heavy (non-hydrogen) atoms. The van der Waals surface area contributed by atoms with Gasteiger partial charge in [-0.15, -0.1) is 0 Å². The number of pyridine rings is 1. The average Bonchev–Trinajstić information content (AvgIpc) is 3.28. The maximum Gasteiger partial charge on any atom is 0.235 e. The summed E-state index contributed by atoms with van der Waals surface area (Å²) in [6.45, 7) is 0. The van der Waals surface area contributed by atoms with E-state index in [1.807, 2.05) is 0 Å². The minimum Gasteiger partial charge on any atom is -0.507 e. The molecule has 0 spiro atoms. The number of halogens is 1. The van der Waals surface area contributed by atoms with Crippen molar-refractivity contribution in [2.75, 3.05) is 14.1 Å². The summed E-state index contributed by atoms with van der Waals surface area (Å²) in [5, 5.41) is 22.4. The Morgan fingerprint density at radius 1 is 1.12 bits per heavy atom. The molecule has 206 valence electrons. The lowest BCUT2D eigenvalue weighted by atomic mass is 9.52. The fourth-order valence-corrected chi connectivity index (χ4v) is 6.94. The van der Waals surface area contributed by atoms with Crippen LogP contribution in [0.25, 0.3) is 16.9 Å². The van der Waals surface area contributed by atoms with E-state index in [9.17, 15) is 38.6 Å². The zero-order valence-corrected chi connectivity index (χ0v) is 21.5. The van der Waals surface area contributed by atoms with Gasteiger partial charge in [-0.3, -0.25) is 28.9 Å². The minimum absolute atomic E-state index is 0.0602. The Bertz CT molecular complexity index is 1680. The van der Waals surface area contributed by atoms with Gasteiger partial charge in [0.15, 0.2) is 34.7 Å². The number of ketones is 4. The van der Waals surface area contributed by atoms with E-state index in [-0.39, 0.29) is 24.2 Å². The highest BCUT2D eigenvalue weighted by molar-refractivity contribution is 6.32. The lowest BCUT2D eigenvalue weighted by Crippen LogP contribution is -2.74. The number of phenolic OH excluding ortho intramolecular Hbond substituents is 1. The second-order valence-corrected chi connectivity index (χ2v) is 11.0. The van der Waals surface area contributed by atoms with Gasteiger partial charge >= 0.3 is 0 Å². The van der Waals surface area contributed by atoms with Crippen LogP contribution < -0.4 is 5.73 Å². The molecule has 2 fully saturated rings. The number of nitrogens with two attached hydrogens (primary N) is 1. The SMILES string of the molecule is CN(C)[C@@H]1C(=O)C(C(N)=O)C(=O)[C@@]2(O)C(=O)C3C(=O)c4c(O)ccc(-c5cn6cc(F)ccc6n5)c4C[C@H]3C[C@@H]12. The molecular weight excluding hydrogens is 523 g/mol. The highest BCUT2D eigenvalue weighted by Gasteiger charge is 2.69. The number of fused-ring (bicyclic) bond motifs is 4. The molecule has 0 aliphatic heterocycles. The number of carbonyl (C=O) groups is 5. The van der Waals surface area contributed by atoms with Crippen LogP contribution in [0.4, 0.5) is 4.39 Å². The maximum atomic E-state index is 13.9. The van der Waals surface area contributed by atoms with Crippen LogP contribution >= 0.6 is 0 Å². The van der Waals surface area contributed by atoms with Crippen LogP contribution in [0.2, 0.25) is 0 Å². The Kier molecular flexibility index (Phi) is 5.58. The Labute approximate surface area is 226 Å². The third-order valence-corrected chi connectivity index (χ3v) is 8.64. The van der Waals surface area contributed by atoms with Crippen LogP contribution in [-0.4, -0.2) is 79.3 Å². The number of rotatable bonds is 3. The van der Waals surface area contributed by atoms with E-state index < -0.39 is 70.2 Å². The number of Topliss-reactive ketones (excluding diaryl/α,β-unsaturated/α-hetero) is 4. The molecule has 6 rings (SSSR count). The van der Waals surface area contributed by atoms with Crippen molar-refractivity contribution in [3.63, 3.8) is 0 Å². The summed E-state index contributed by atoms with van der Waals surface area (Å²) in [6, 6.07) is 4.44. The molecule has 0 radical (unpaired) electrons. The van der Waals surface area contributed by atoms with Crippen molar-refractivity contribution in [2.45, 2.75) is 24.5 Å². The van der Waals surface area contributed by atoms with Crippen LogP contribution in [0.5, 0.6) is 5.75 Å². The van der Waals surface area contributed by atoms with Crippen molar-refractivity contribution >= 4 is 34.7 Å². The second-order valence-electron chi connectivity index (χ2n) is 11.0. The molecule has 3 aliphatic carbocycles. The highest BCUT2D eigenvalue weighted by Crippen LogP contribution is 2.51. The normalized spacial score (nSPS) is 29.9. The number of nitrogens with zero attached hydrogens (tertiary/aromatic N) is 3. The van der Waals surface area contributed by atoms with Crippen LogP contribution in [0.15, 0.2) is 36.7 Å². The first-order valence-corrected chi connectivity index (χ1v) is 12.7. The van der Waals surface area contributed by atoms with Crippen molar-refractivity contribution in [3.8, 4) is 17.0 Å². The second kappa shape index (κ2) is 8.60. The monoisotopic (exact) mass is 548 g/mol. The van der Waals surface area contributed by atoms with Crippen molar-refractivity contribution < 1.29 is 38.6 Å². The molecule has 1 amide bonds. The van der Waals surface area contributed by atoms with Gasteiger partial charge in [-0.05, 0) is 62.7 Å². The van der Waals surface area contributed by atoms with Crippen molar-refractivity contribution in [1.82, 2.24) is 14.3 Å². The Morgan fingerprint density at radius 3 is 2.52 bits per heavy atom. The summed E-state index contributed by atoms with van der Waals surface area (Å²) < 4.78 is 15.3. The zero-order valence-electron chi connectivity index (χ0n) is 21.5. The highest BCUT2D eigenvalue weighted by atomic mass is 19.1. The number of primary amides is 1. The number of aromatic hydroxyl groups is 1.